The number of carbonyl (C=O) groups excluding carboxylic acids is 2. The molecule has 0 atom stereocenters. The Labute approximate surface area is 102 Å². The Hall–Kier alpha value is -1.14. The molecule has 0 bridgehead atoms. The SMILES string of the molecule is CN(CCO)CC(=O)N(C)CC(=O)NC1CC1. The maximum atomic E-state index is 11.7. The summed E-state index contributed by atoms with van der Waals surface area (Å²) in [6.07, 6.45) is 2.09. The molecule has 0 saturated heterocycles. The Morgan fingerprint density at radius 3 is 2.47 bits per heavy atom. The van der Waals surface area contributed by atoms with Gasteiger partial charge in [-0.2, -0.15) is 0 Å². The van der Waals surface area contributed by atoms with Crippen molar-refractivity contribution in [2.75, 3.05) is 40.3 Å². The van der Waals surface area contributed by atoms with Crippen molar-refractivity contribution >= 4 is 11.8 Å². The standard InChI is InChI=1S/C11H21N3O3/c1-13(5-6-15)8-11(17)14(2)7-10(16)12-9-3-4-9/h9,15H,3-8H2,1-2H3,(H,12,16). The van der Waals surface area contributed by atoms with Crippen LogP contribution in [0, 0.1) is 0 Å². The van der Waals surface area contributed by atoms with Crippen LogP contribution in [0.25, 0.3) is 0 Å². The summed E-state index contributed by atoms with van der Waals surface area (Å²) in [7, 11) is 3.37. The van der Waals surface area contributed by atoms with E-state index in [2.05, 4.69) is 5.32 Å². The molecule has 1 fully saturated rings. The molecule has 0 heterocycles. The second-order valence-electron chi connectivity index (χ2n) is 4.55. The summed E-state index contributed by atoms with van der Waals surface area (Å²) < 4.78 is 0. The number of aliphatic hydroxyl groups is 1. The van der Waals surface area contributed by atoms with Crippen LogP contribution in [0.1, 0.15) is 12.8 Å². The monoisotopic (exact) mass is 243 g/mol. The van der Waals surface area contributed by atoms with Crippen LogP contribution in [0.2, 0.25) is 0 Å². The number of amides is 2. The van der Waals surface area contributed by atoms with Crippen molar-refractivity contribution < 1.29 is 14.7 Å². The minimum atomic E-state index is -0.119. The summed E-state index contributed by atoms with van der Waals surface area (Å²) in [6, 6.07) is 0.322. The molecule has 0 aromatic heterocycles. The van der Waals surface area contributed by atoms with E-state index < -0.39 is 0 Å². The summed E-state index contributed by atoms with van der Waals surface area (Å²) in [4.78, 5) is 26.3. The van der Waals surface area contributed by atoms with Crippen LogP contribution in [-0.4, -0.2) is 73.1 Å². The number of nitrogens with one attached hydrogen (secondary N) is 1. The third kappa shape index (κ3) is 5.65. The lowest BCUT2D eigenvalue weighted by molar-refractivity contribution is -0.135. The van der Waals surface area contributed by atoms with Gasteiger partial charge in [-0.1, -0.05) is 0 Å². The molecule has 2 N–H and O–H groups in total. The van der Waals surface area contributed by atoms with Crippen LogP contribution in [0.15, 0.2) is 0 Å². The molecule has 1 rings (SSSR count). The molecule has 0 aliphatic heterocycles. The van der Waals surface area contributed by atoms with Crippen molar-refractivity contribution in [2.45, 2.75) is 18.9 Å². The summed E-state index contributed by atoms with van der Waals surface area (Å²) in [5, 5.41) is 11.5. The van der Waals surface area contributed by atoms with Crippen LogP contribution >= 0.6 is 0 Å². The van der Waals surface area contributed by atoms with Gasteiger partial charge < -0.3 is 15.3 Å². The zero-order valence-electron chi connectivity index (χ0n) is 10.5. The van der Waals surface area contributed by atoms with Crippen LogP contribution in [0.5, 0.6) is 0 Å². The molecule has 0 aromatic rings. The number of hydrogen-bond acceptors (Lipinski definition) is 4. The zero-order valence-corrected chi connectivity index (χ0v) is 10.5. The van der Waals surface area contributed by atoms with Crippen molar-refractivity contribution in [3.63, 3.8) is 0 Å². The van der Waals surface area contributed by atoms with Crippen molar-refractivity contribution in [3.8, 4) is 0 Å². The van der Waals surface area contributed by atoms with Gasteiger partial charge in [0.25, 0.3) is 0 Å². The van der Waals surface area contributed by atoms with Crippen molar-refractivity contribution in [3.05, 3.63) is 0 Å². The van der Waals surface area contributed by atoms with E-state index in [-0.39, 0.29) is 31.5 Å². The highest BCUT2D eigenvalue weighted by atomic mass is 16.3. The maximum Gasteiger partial charge on any atom is 0.239 e. The van der Waals surface area contributed by atoms with E-state index in [1.807, 2.05) is 0 Å². The lowest BCUT2D eigenvalue weighted by Gasteiger charge is -2.20. The van der Waals surface area contributed by atoms with Gasteiger partial charge in [-0.15, -0.1) is 0 Å². The molecule has 6 nitrogen and oxygen atoms in total. The fourth-order valence-electron chi connectivity index (χ4n) is 1.41. The van der Waals surface area contributed by atoms with Crippen molar-refractivity contribution in [2.24, 2.45) is 0 Å². The molecule has 1 aliphatic rings. The first-order chi connectivity index (χ1) is 8.02. The highest BCUT2D eigenvalue weighted by molar-refractivity contribution is 5.85. The number of carbonyl (C=O) groups is 2. The lowest BCUT2D eigenvalue weighted by atomic mass is 10.4. The third-order valence-electron chi connectivity index (χ3n) is 2.64. The Bertz CT molecular complexity index is 279. The van der Waals surface area contributed by atoms with Gasteiger partial charge in [-0.25, -0.2) is 0 Å². The minimum Gasteiger partial charge on any atom is -0.395 e. The zero-order chi connectivity index (χ0) is 12.8. The summed E-state index contributed by atoms with van der Waals surface area (Å²) >= 11 is 0. The number of aliphatic hydroxyl groups excluding tert-OH is 1. The highest BCUT2D eigenvalue weighted by Crippen LogP contribution is 2.18. The van der Waals surface area contributed by atoms with Gasteiger partial charge in [0.1, 0.15) is 0 Å². The van der Waals surface area contributed by atoms with E-state index in [1.54, 1.807) is 19.0 Å². The van der Waals surface area contributed by atoms with Gasteiger partial charge in [0, 0.05) is 19.6 Å². The second kappa shape index (κ2) is 6.56. The quantitative estimate of drug-likeness (QED) is 0.580. The first-order valence-corrected chi connectivity index (χ1v) is 5.85. The smallest absolute Gasteiger partial charge is 0.239 e. The molecule has 6 heteroatoms. The predicted molar refractivity (Wildman–Crippen MR) is 63.4 cm³/mol. The van der Waals surface area contributed by atoms with Crippen LogP contribution < -0.4 is 5.32 Å². The first kappa shape index (κ1) is 13.9. The Morgan fingerprint density at radius 1 is 1.29 bits per heavy atom. The molecular formula is C11H21N3O3. The second-order valence-corrected chi connectivity index (χ2v) is 4.55. The molecule has 1 aliphatic carbocycles. The fraction of sp³-hybridized carbons (Fsp3) is 0.818. The van der Waals surface area contributed by atoms with Crippen molar-refractivity contribution in [1.82, 2.24) is 15.1 Å². The molecule has 0 radical (unpaired) electrons. The molecule has 0 spiro atoms. The average Bonchev–Trinajstić information content (AvgIpc) is 3.01. The highest BCUT2D eigenvalue weighted by Gasteiger charge is 2.24. The van der Waals surface area contributed by atoms with Crippen LogP contribution in [-0.2, 0) is 9.59 Å². The Balaban J connectivity index is 2.22. The molecule has 0 aromatic carbocycles. The molecule has 17 heavy (non-hydrogen) atoms. The number of rotatable bonds is 7. The Morgan fingerprint density at radius 2 is 1.94 bits per heavy atom. The normalized spacial score (nSPS) is 14.8. The lowest BCUT2D eigenvalue weighted by Crippen LogP contribution is -2.43. The molecular weight excluding hydrogens is 222 g/mol. The van der Waals surface area contributed by atoms with Gasteiger partial charge >= 0.3 is 0 Å². The van der Waals surface area contributed by atoms with E-state index in [1.165, 1.54) is 4.90 Å². The van der Waals surface area contributed by atoms with Crippen molar-refractivity contribution in [1.29, 1.82) is 0 Å². The summed E-state index contributed by atoms with van der Waals surface area (Å²) in [5.74, 6) is -0.222. The van der Waals surface area contributed by atoms with E-state index >= 15 is 0 Å². The number of nitrogens with zero attached hydrogens (tertiary/aromatic N) is 2. The topological polar surface area (TPSA) is 72.9 Å². The maximum absolute atomic E-state index is 11.7. The molecule has 98 valence electrons. The van der Waals surface area contributed by atoms with E-state index in [9.17, 15) is 9.59 Å². The van der Waals surface area contributed by atoms with Gasteiger partial charge in [-0.3, -0.25) is 14.5 Å². The summed E-state index contributed by atoms with van der Waals surface area (Å²) in [5.41, 5.74) is 0. The minimum absolute atomic E-state index is 0.0235. The van der Waals surface area contributed by atoms with Crippen LogP contribution in [0.3, 0.4) is 0 Å². The Kier molecular flexibility index (Phi) is 5.37. The van der Waals surface area contributed by atoms with Crippen LogP contribution in [0.4, 0.5) is 0 Å². The first-order valence-electron chi connectivity index (χ1n) is 5.85. The predicted octanol–water partition coefficient (Wildman–Crippen LogP) is -1.35. The largest absolute Gasteiger partial charge is 0.395 e. The number of likely N-dealkylation sites (N-methyl/N-ethyl adjacent to an activating group) is 2. The molecule has 1 saturated carbocycles. The molecule has 0 unspecified atom stereocenters. The van der Waals surface area contributed by atoms with E-state index in [0.29, 0.717) is 12.6 Å². The fourth-order valence-corrected chi connectivity index (χ4v) is 1.41. The van der Waals surface area contributed by atoms with E-state index in [0.717, 1.165) is 12.8 Å². The van der Waals surface area contributed by atoms with Gasteiger partial charge in [0.15, 0.2) is 0 Å². The number of hydrogen-bond donors (Lipinski definition) is 2. The van der Waals surface area contributed by atoms with Gasteiger partial charge in [0.05, 0.1) is 19.7 Å². The molecule has 2 amide bonds. The summed E-state index contributed by atoms with van der Waals surface area (Å²) in [6.45, 7) is 0.791. The van der Waals surface area contributed by atoms with Gasteiger partial charge in [-0.05, 0) is 19.9 Å². The average molecular weight is 243 g/mol. The third-order valence-corrected chi connectivity index (χ3v) is 2.64. The van der Waals surface area contributed by atoms with E-state index in [4.69, 9.17) is 5.11 Å². The van der Waals surface area contributed by atoms with Gasteiger partial charge in [0.2, 0.25) is 11.8 Å².